The average Bonchev–Trinajstić information content (AvgIpc) is 2.91. The zero-order chi connectivity index (χ0) is 23.3. The van der Waals surface area contributed by atoms with Crippen LogP contribution in [0.1, 0.15) is 39.7 Å². The van der Waals surface area contributed by atoms with Gasteiger partial charge in [-0.1, -0.05) is 30.3 Å². The first kappa shape index (κ1) is 23.1. The van der Waals surface area contributed by atoms with E-state index in [0.717, 1.165) is 5.56 Å². The molecule has 3 heterocycles. The lowest BCUT2D eigenvalue weighted by Crippen LogP contribution is -2.57. The van der Waals surface area contributed by atoms with Gasteiger partial charge in [-0.2, -0.15) is 0 Å². The number of carbonyl (C=O) groups is 3. The standard InChI is InChI=1S/C23H32N2O6S/c1-15-11-24(12-16(2)31-15)22(29)32(14-26)19-10-18(27)25(19)20(23(32,3)4)21(28)30-13-17-8-6-5-7-9-17/h5-9,15-16,19-20,26H,10-14H2,1-4H3/t15-,16?,19+,20-/m0/s1. The van der Waals surface area contributed by atoms with Crippen LogP contribution < -0.4 is 0 Å². The summed E-state index contributed by atoms with van der Waals surface area (Å²) >= 11 is 0. The molecular weight excluding hydrogens is 432 g/mol. The first-order valence-corrected chi connectivity index (χ1v) is 12.9. The summed E-state index contributed by atoms with van der Waals surface area (Å²) in [5.74, 6) is -1.07. The zero-order valence-corrected chi connectivity index (χ0v) is 19.8. The van der Waals surface area contributed by atoms with Gasteiger partial charge in [0, 0.05) is 17.8 Å². The third-order valence-corrected chi connectivity index (χ3v) is 11.6. The minimum atomic E-state index is -2.46. The summed E-state index contributed by atoms with van der Waals surface area (Å²) in [6, 6.07) is 8.42. The van der Waals surface area contributed by atoms with Gasteiger partial charge in [0.15, 0.2) is 0 Å². The van der Waals surface area contributed by atoms with E-state index in [1.165, 1.54) is 4.90 Å². The van der Waals surface area contributed by atoms with E-state index in [9.17, 15) is 19.5 Å². The van der Waals surface area contributed by atoms with E-state index in [1.807, 2.05) is 58.0 Å². The monoisotopic (exact) mass is 464 g/mol. The van der Waals surface area contributed by atoms with Crippen LogP contribution in [0.2, 0.25) is 0 Å². The van der Waals surface area contributed by atoms with E-state index in [-0.39, 0.29) is 42.3 Å². The van der Waals surface area contributed by atoms with Crippen LogP contribution in [0.5, 0.6) is 0 Å². The van der Waals surface area contributed by atoms with Crippen molar-refractivity contribution in [2.75, 3.05) is 19.0 Å². The second-order valence-corrected chi connectivity index (χ2v) is 13.2. The Balaban J connectivity index is 1.63. The van der Waals surface area contributed by atoms with E-state index in [4.69, 9.17) is 9.47 Å². The molecule has 0 aliphatic carbocycles. The number of esters is 1. The Hall–Kier alpha value is -2.10. The van der Waals surface area contributed by atoms with E-state index < -0.39 is 32.2 Å². The first-order chi connectivity index (χ1) is 15.1. The summed E-state index contributed by atoms with van der Waals surface area (Å²) in [6.07, 6.45) is -0.0653. The molecule has 1 aromatic carbocycles. The van der Waals surface area contributed by atoms with Gasteiger partial charge in [0.2, 0.25) is 5.91 Å². The fraction of sp³-hybridized carbons (Fsp3) is 0.609. The quantitative estimate of drug-likeness (QED) is 0.543. The van der Waals surface area contributed by atoms with Crippen molar-refractivity contribution in [2.24, 2.45) is 0 Å². The molecule has 1 unspecified atom stereocenters. The van der Waals surface area contributed by atoms with Crippen LogP contribution in [0.15, 0.2) is 30.3 Å². The molecule has 0 aromatic heterocycles. The highest BCUT2D eigenvalue weighted by molar-refractivity contribution is 8.46. The number of aliphatic hydroxyl groups excluding tert-OH is 1. The number of β-lactam (4-membered cyclic amide) rings is 1. The van der Waals surface area contributed by atoms with Crippen LogP contribution in [0.25, 0.3) is 0 Å². The van der Waals surface area contributed by atoms with Gasteiger partial charge >= 0.3 is 5.97 Å². The largest absolute Gasteiger partial charge is 0.459 e. The maximum absolute atomic E-state index is 14.0. The summed E-state index contributed by atoms with van der Waals surface area (Å²) in [7, 11) is -2.46. The number of rotatable bonds is 4. The van der Waals surface area contributed by atoms with Crippen molar-refractivity contribution in [3.8, 4) is 0 Å². The number of morpholine rings is 1. The van der Waals surface area contributed by atoms with Crippen LogP contribution in [-0.2, 0) is 25.7 Å². The van der Waals surface area contributed by atoms with E-state index in [0.29, 0.717) is 13.1 Å². The molecule has 176 valence electrons. The number of ether oxygens (including phenoxy) is 2. The maximum atomic E-state index is 14.0. The van der Waals surface area contributed by atoms with Crippen LogP contribution in [0.4, 0.5) is 4.79 Å². The fourth-order valence-electron chi connectivity index (χ4n) is 5.34. The summed E-state index contributed by atoms with van der Waals surface area (Å²) < 4.78 is 10.4. The van der Waals surface area contributed by atoms with Crippen molar-refractivity contribution in [3.63, 3.8) is 0 Å². The van der Waals surface area contributed by atoms with E-state index >= 15 is 0 Å². The van der Waals surface area contributed by atoms with Crippen molar-refractivity contribution >= 4 is 27.1 Å². The van der Waals surface area contributed by atoms with Gasteiger partial charge in [-0.25, -0.2) is 4.79 Å². The van der Waals surface area contributed by atoms with Crippen molar-refractivity contribution in [2.45, 2.75) is 69.1 Å². The van der Waals surface area contributed by atoms with Gasteiger partial charge in [-0.3, -0.25) is 9.59 Å². The number of aliphatic hydroxyl groups is 1. The number of hydrogen-bond donors (Lipinski definition) is 1. The van der Waals surface area contributed by atoms with Crippen molar-refractivity contribution in [3.05, 3.63) is 35.9 Å². The smallest absolute Gasteiger partial charge is 0.330 e. The zero-order valence-electron chi connectivity index (χ0n) is 19.0. The van der Waals surface area contributed by atoms with Gasteiger partial charge in [-0.05, 0) is 33.3 Å². The molecule has 9 heteroatoms. The van der Waals surface area contributed by atoms with E-state index in [1.54, 1.807) is 4.90 Å². The van der Waals surface area contributed by atoms with Gasteiger partial charge in [0.05, 0.1) is 29.9 Å². The Kier molecular flexibility index (Phi) is 6.02. The molecule has 0 radical (unpaired) electrons. The number of benzene rings is 1. The molecule has 1 aromatic rings. The van der Waals surface area contributed by atoms with Crippen molar-refractivity contribution < 1.29 is 29.0 Å². The summed E-state index contributed by atoms with van der Waals surface area (Å²) in [5, 5.41) is 10.1. The molecule has 3 aliphatic rings. The van der Waals surface area contributed by atoms with Gasteiger partial charge in [0.1, 0.15) is 12.6 Å². The highest BCUT2D eigenvalue weighted by Crippen LogP contribution is 2.74. The lowest BCUT2D eigenvalue weighted by molar-refractivity contribution is -0.162. The third-order valence-electron chi connectivity index (χ3n) is 6.93. The number of hydrogen-bond acceptors (Lipinski definition) is 6. The molecule has 0 bridgehead atoms. The lowest BCUT2D eigenvalue weighted by atomic mass is 9.98. The summed E-state index contributed by atoms with van der Waals surface area (Å²) in [5.41, 5.74) is 0.844. The van der Waals surface area contributed by atoms with Gasteiger partial charge < -0.3 is 24.4 Å². The predicted octanol–water partition coefficient (Wildman–Crippen LogP) is 2.43. The Morgan fingerprint density at radius 3 is 2.38 bits per heavy atom. The number of fused-ring (bicyclic) bond motifs is 1. The Bertz CT molecular complexity index is 899. The first-order valence-electron chi connectivity index (χ1n) is 11.0. The van der Waals surface area contributed by atoms with E-state index in [2.05, 4.69) is 0 Å². The number of carbonyl (C=O) groups excluding carboxylic acids is 3. The van der Waals surface area contributed by atoms with Crippen LogP contribution in [-0.4, -0.2) is 79.4 Å². The molecule has 2 amide bonds. The fourth-order valence-corrected chi connectivity index (χ4v) is 9.62. The Morgan fingerprint density at radius 2 is 1.81 bits per heavy atom. The minimum absolute atomic E-state index is 0.0901. The summed E-state index contributed by atoms with van der Waals surface area (Å²) in [6.45, 7) is 8.43. The minimum Gasteiger partial charge on any atom is -0.459 e. The number of amides is 2. The highest BCUT2D eigenvalue weighted by Gasteiger charge is 2.72. The molecule has 5 atom stereocenters. The van der Waals surface area contributed by atoms with Gasteiger partial charge in [0.25, 0.3) is 5.24 Å². The Labute approximate surface area is 190 Å². The molecular formula is C23H32N2O6S. The molecule has 0 saturated carbocycles. The van der Waals surface area contributed by atoms with Crippen LogP contribution in [0.3, 0.4) is 0 Å². The molecule has 0 spiro atoms. The molecule has 4 rings (SSSR count). The second kappa shape index (κ2) is 8.35. The third kappa shape index (κ3) is 3.41. The topological polar surface area (TPSA) is 96.4 Å². The molecule has 3 fully saturated rings. The van der Waals surface area contributed by atoms with Crippen LogP contribution in [0, 0.1) is 0 Å². The normalized spacial score (nSPS) is 33.5. The molecule has 1 N–H and O–H groups in total. The van der Waals surface area contributed by atoms with Crippen molar-refractivity contribution in [1.82, 2.24) is 9.80 Å². The highest BCUT2D eigenvalue weighted by atomic mass is 32.3. The maximum Gasteiger partial charge on any atom is 0.330 e. The Morgan fingerprint density at radius 1 is 1.19 bits per heavy atom. The van der Waals surface area contributed by atoms with Crippen LogP contribution >= 0.6 is 10.0 Å². The van der Waals surface area contributed by atoms with Crippen molar-refractivity contribution in [1.29, 1.82) is 0 Å². The molecule has 3 saturated heterocycles. The molecule has 3 aliphatic heterocycles. The molecule has 32 heavy (non-hydrogen) atoms. The SMILES string of the molecule is CC1CN(C(=O)[S@]2(CO)[C@@H]3CC(=O)N3[C@@H](C(=O)OCc3ccccc3)C2(C)C)C[C@H](C)O1. The second-order valence-electron chi connectivity index (χ2n) is 9.41. The number of nitrogens with zero attached hydrogens (tertiary/aromatic N) is 2. The predicted molar refractivity (Wildman–Crippen MR) is 121 cm³/mol. The molecule has 8 nitrogen and oxygen atoms in total. The summed E-state index contributed by atoms with van der Waals surface area (Å²) in [4.78, 5) is 43.1. The lowest BCUT2D eigenvalue weighted by Gasteiger charge is -2.52. The van der Waals surface area contributed by atoms with Gasteiger partial charge in [-0.15, -0.1) is 10.0 Å². The average molecular weight is 465 g/mol.